The molecule has 0 heterocycles. The van der Waals surface area contributed by atoms with E-state index >= 15 is 0 Å². The summed E-state index contributed by atoms with van der Waals surface area (Å²) in [7, 11) is 0.0857. The highest BCUT2D eigenvalue weighted by molar-refractivity contribution is 7.83. The predicted octanol–water partition coefficient (Wildman–Crippen LogP) is -0.440. The van der Waals surface area contributed by atoms with E-state index in [1.807, 2.05) is 0 Å². The van der Waals surface area contributed by atoms with Crippen LogP contribution >= 0.6 is 0 Å². The van der Waals surface area contributed by atoms with Crippen LogP contribution in [0.3, 0.4) is 0 Å². The Balaban J connectivity index is 2.29. The lowest BCUT2D eigenvalue weighted by molar-refractivity contribution is -0.148. The normalized spacial score (nSPS) is 32.2. The van der Waals surface area contributed by atoms with Gasteiger partial charge in [0.1, 0.15) is 0 Å². The first-order valence-corrected chi connectivity index (χ1v) is 4.65. The number of hydrogen-bond acceptors (Lipinski definition) is 3. The molecule has 1 atom stereocenters. The van der Waals surface area contributed by atoms with Crippen molar-refractivity contribution in [1.82, 2.24) is 0 Å². The largest absolute Gasteiger partial charge is 0.469 e. The summed E-state index contributed by atoms with van der Waals surface area (Å²) in [5, 5.41) is 5.12. The highest BCUT2D eigenvalue weighted by atomic mass is 32.2. The third-order valence-electron chi connectivity index (χ3n) is 1.96. The molecule has 2 N–H and O–H groups in total. The molecule has 1 saturated carbocycles. The topological polar surface area (TPSA) is 69.4 Å². The minimum Gasteiger partial charge on any atom is -0.469 e. The molecule has 64 valence electrons. The van der Waals surface area contributed by atoms with Crippen LogP contribution in [0, 0.1) is 5.92 Å². The van der Waals surface area contributed by atoms with Crippen molar-refractivity contribution in [1.29, 1.82) is 0 Å². The maximum absolute atomic E-state index is 10.8. The number of methoxy groups -OCH3 is 1. The van der Waals surface area contributed by atoms with E-state index in [4.69, 9.17) is 5.14 Å². The Bertz CT molecular complexity index is 188. The summed E-state index contributed by atoms with van der Waals surface area (Å²) >= 11 is 0. The zero-order chi connectivity index (χ0) is 8.43. The molecule has 5 heteroatoms. The Morgan fingerprint density at radius 1 is 1.64 bits per heavy atom. The van der Waals surface area contributed by atoms with Crippen LogP contribution in [-0.2, 0) is 20.5 Å². The average molecular weight is 177 g/mol. The Morgan fingerprint density at radius 3 is 2.55 bits per heavy atom. The first-order valence-electron chi connectivity index (χ1n) is 3.38. The fourth-order valence-electron chi connectivity index (χ4n) is 1.11. The van der Waals surface area contributed by atoms with Crippen molar-refractivity contribution < 1.29 is 13.7 Å². The molecule has 0 spiro atoms. The molecule has 0 bridgehead atoms. The van der Waals surface area contributed by atoms with Crippen molar-refractivity contribution in [3.63, 3.8) is 0 Å². The van der Waals surface area contributed by atoms with Crippen LogP contribution in [0.2, 0.25) is 0 Å². The Labute approximate surface area is 67.7 Å². The van der Waals surface area contributed by atoms with Crippen LogP contribution in [0.15, 0.2) is 0 Å². The summed E-state index contributed by atoms with van der Waals surface area (Å²) in [5.74, 6) is -0.288. The number of carbonyl (C=O) groups excluding carboxylic acids is 1. The monoisotopic (exact) mass is 177 g/mol. The van der Waals surface area contributed by atoms with Crippen LogP contribution in [0.25, 0.3) is 0 Å². The number of esters is 1. The smallest absolute Gasteiger partial charge is 0.308 e. The Hall–Kier alpha value is -0.420. The highest BCUT2D eigenvalue weighted by Crippen LogP contribution is 2.30. The van der Waals surface area contributed by atoms with Crippen molar-refractivity contribution in [2.75, 3.05) is 7.11 Å². The molecule has 1 aliphatic carbocycles. The first kappa shape index (κ1) is 8.67. The van der Waals surface area contributed by atoms with Gasteiger partial charge in [-0.2, -0.15) is 0 Å². The lowest BCUT2D eigenvalue weighted by Crippen LogP contribution is -2.40. The van der Waals surface area contributed by atoms with Crippen molar-refractivity contribution >= 4 is 17.0 Å². The van der Waals surface area contributed by atoms with Gasteiger partial charge in [-0.3, -0.25) is 9.93 Å². The van der Waals surface area contributed by atoms with Gasteiger partial charge in [-0.1, -0.05) is 0 Å². The third kappa shape index (κ3) is 1.78. The van der Waals surface area contributed by atoms with Gasteiger partial charge in [0, 0.05) is 0 Å². The van der Waals surface area contributed by atoms with Crippen LogP contribution in [-0.4, -0.2) is 22.5 Å². The number of carbonyl (C=O) groups is 1. The lowest BCUT2D eigenvalue weighted by atomic mass is 9.85. The molecular weight excluding hydrogens is 166 g/mol. The zero-order valence-electron chi connectivity index (χ0n) is 6.28. The maximum atomic E-state index is 10.8. The van der Waals surface area contributed by atoms with E-state index in [9.17, 15) is 9.00 Å². The van der Waals surface area contributed by atoms with E-state index in [0.29, 0.717) is 12.8 Å². The lowest BCUT2D eigenvalue weighted by Gasteiger charge is -2.30. The molecule has 1 aliphatic rings. The molecule has 0 aromatic carbocycles. The van der Waals surface area contributed by atoms with Gasteiger partial charge in [-0.05, 0) is 12.8 Å². The number of ether oxygens (including phenoxy) is 1. The first-order chi connectivity index (χ1) is 5.15. The molecule has 4 nitrogen and oxygen atoms in total. The van der Waals surface area contributed by atoms with Crippen molar-refractivity contribution in [3.8, 4) is 0 Å². The van der Waals surface area contributed by atoms with Gasteiger partial charge in [-0.25, -0.2) is 4.21 Å². The molecule has 1 rings (SSSR count). The summed E-state index contributed by atoms with van der Waals surface area (Å²) in [6.07, 6.45) is 1.21. The standard InChI is InChI=1S/C6H11NO3S/c1-10-6(8)4-2-5(3-4)11(7)9/h4-5H,2-3,7H2,1H3. The maximum Gasteiger partial charge on any atom is 0.308 e. The van der Waals surface area contributed by atoms with Crippen molar-refractivity contribution in [2.24, 2.45) is 11.1 Å². The van der Waals surface area contributed by atoms with E-state index < -0.39 is 11.0 Å². The van der Waals surface area contributed by atoms with Gasteiger partial charge >= 0.3 is 5.97 Å². The van der Waals surface area contributed by atoms with Crippen LogP contribution < -0.4 is 5.14 Å². The SMILES string of the molecule is COC(=O)C1CC(S(N)=O)C1. The van der Waals surface area contributed by atoms with E-state index in [1.165, 1.54) is 7.11 Å². The van der Waals surface area contributed by atoms with Crippen LogP contribution in [0.4, 0.5) is 0 Å². The summed E-state index contributed by atoms with van der Waals surface area (Å²) < 4.78 is 15.1. The fraction of sp³-hybridized carbons (Fsp3) is 0.833. The van der Waals surface area contributed by atoms with Gasteiger partial charge in [0.05, 0.1) is 29.3 Å². The predicted molar refractivity (Wildman–Crippen MR) is 40.9 cm³/mol. The van der Waals surface area contributed by atoms with E-state index in [-0.39, 0.29) is 17.1 Å². The zero-order valence-corrected chi connectivity index (χ0v) is 7.10. The van der Waals surface area contributed by atoms with Crippen LogP contribution in [0.5, 0.6) is 0 Å². The number of rotatable bonds is 2. The molecule has 1 fully saturated rings. The second-order valence-corrected chi connectivity index (χ2v) is 3.97. The number of hydrogen-bond donors (Lipinski definition) is 1. The van der Waals surface area contributed by atoms with Crippen molar-refractivity contribution in [3.05, 3.63) is 0 Å². The molecule has 0 radical (unpaired) electrons. The molecule has 0 aromatic rings. The van der Waals surface area contributed by atoms with E-state index in [2.05, 4.69) is 4.74 Å². The van der Waals surface area contributed by atoms with Crippen LogP contribution in [0.1, 0.15) is 12.8 Å². The molecule has 0 aliphatic heterocycles. The minimum absolute atomic E-state index is 0.000833. The highest BCUT2D eigenvalue weighted by Gasteiger charge is 2.37. The summed E-state index contributed by atoms with van der Waals surface area (Å²) in [5.41, 5.74) is 0. The number of nitrogens with two attached hydrogens (primary N) is 1. The molecule has 11 heavy (non-hydrogen) atoms. The van der Waals surface area contributed by atoms with E-state index in [1.54, 1.807) is 0 Å². The summed E-state index contributed by atoms with van der Waals surface area (Å²) in [6.45, 7) is 0. The van der Waals surface area contributed by atoms with Gasteiger partial charge in [0.2, 0.25) is 0 Å². The molecule has 0 amide bonds. The van der Waals surface area contributed by atoms with E-state index in [0.717, 1.165) is 0 Å². The third-order valence-corrected chi connectivity index (χ3v) is 3.00. The summed E-state index contributed by atoms with van der Waals surface area (Å²) in [6, 6.07) is 0. The Morgan fingerprint density at radius 2 is 2.18 bits per heavy atom. The molecule has 0 aromatic heterocycles. The molecular formula is C6H11NO3S. The minimum atomic E-state index is -1.27. The quantitative estimate of drug-likeness (QED) is 0.581. The average Bonchev–Trinajstić information content (AvgIpc) is 1.83. The second-order valence-electron chi connectivity index (χ2n) is 2.64. The summed E-state index contributed by atoms with van der Waals surface area (Å²) in [4.78, 5) is 10.8. The Kier molecular flexibility index (Phi) is 2.62. The van der Waals surface area contributed by atoms with Gasteiger partial charge in [0.15, 0.2) is 0 Å². The van der Waals surface area contributed by atoms with Crippen molar-refractivity contribution in [2.45, 2.75) is 18.1 Å². The molecule has 0 saturated heterocycles. The molecule has 1 unspecified atom stereocenters. The van der Waals surface area contributed by atoms with Gasteiger partial charge in [0.25, 0.3) is 0 Å². The van der Waals surface area contributed by atoms with Gasteiger partial charge in [-0.15, -0.1) is 0 Å². The second kappa shape index (κ2) is 3.32. The van der Waals surface area contributed by atoms with Gasteiger partial charge < -0.3 is 4.74 Å². The fourth-order valence-corrected chi connectivity index (χ4v) is 1.96.